The SMILES string of the molecule is COc1ccc(N2C(=O)C[C@H](N(CCc3ccc(S(N)(=O)=O)cc3)C(=O)CCC(=O)O)C2=O)cc1. The monoisotopic (exact) mass is 503 g/mol. The van der Waals surface area contributed by atoms with Crippen molar-refractivity contribution in [1.29, 1.82) is 0 Å². The zero-order valence-electron chi connectivity index (χ0n) is 18.9. The van der Waals surface area contributed by atoms with Crippen LogP contribution in [0.5, 0.6) is 5.75 Å². The highest BCUT2D eigenvalue weighted by atomic mass is 32.2. The van der Waals surface area contributed by atoms with E-state index in [0.29, 0.717) is 17.0 Å². The van der Waals surface area contributed by atoms with Crippen LogP contribution in [-0.4, -0.2) is 61.8 Å². The molecule has 2 aromatic carbocycles. The number of anilines is 1. The molecule has 11 nitrogen and oxygen atoms in total. The molecule has 1 heterocycles. The minimum atomic E-state index is -3.86. The summed E-state index contributed by atoms with van der Waals surface area (Å²) in [7, 11) is -2.37. The smallest absolute Gasteiger partial charge is 0.303 e. The molecule has 3 N–H and O–H groups in total. The summed E-state index contributed by atoms with van der Waals surface area (Å²) in [5.74, 6) is -2.27. The van der Waals surface area contributed by atoms with E-state index >= 15 is 0 Å². The molecule has 1 aliphatic rings. The summed E-state index contributed by atoms with van der Waals surface area (Å²) in [6.07, 6.45) is -0.756. The summed E-state index contributed by atoms with van der Waals surface area (Å²) in [6.45, 7) is 0.0211. The number of rotatable bonds is 10. The molecule has 35 heavy (non-hydrogen) atoms. The van der Waals surface area contributed by atoms with Gasteiger partial charge in [0.25, 0.3) is 5.91 Å². The van der Waals surface area contributed by atoms with Crippen LogP contribution in [0, 0.1) is 0 Å². The number of carboxylic acids is 1. The molecule has 3 rings (SSSR count). The minimum Gasteiger partial charge on any atom is -0.497 e. The van der Waals surface area contributed by atoms with Crippen LogP contribution in [0.25, 0.3) is 0 Å². The fourth-order valence-corrected chi connectivity index (χ4v) is 4.28. The molecule has 2 aromatic rings. The fraction of sp³-hybridized carbons (Fsp3) is 0.304. The summed E-state index contributed by atoms with van der Waals surface area (Å²) >= 11 is 0. The highest BCUT2D eigenvalue weighted by molar-refractivity contribution is 7.89. The number of amides is 3. The molecular weight excluding hydrogens is 478 g/mol. The van der Waals surface area contributed by atoms with Crippen molar-refractivity contribution < 1.29 is 37.4 Å². The van der Waals surface area contributed by atoms with Crippen molar-refractivity contribution >= 4 is 39.4 Å². The van der Waals surface area contributed by atoms with E-state index in [0.717, 1.165) is 4.90 Å². The number of benzene rings is 2. The number of nitrogens with zero attached hydrogens (tertiary/aromatic N) is 2. The molecule has 186 valence electrons. The topological polar surface area (TPSA) is 164 Å². The highest BCUT2D eigenvalue weighted by Crippen LogP contribution is 2.28. The Kier molecular flexibility index (Phi) is 7.87. The van der Waals surface area contributed by atoms with Crippen LogP contribution < -0.4 is 14.8 Å². The van der Waals surface area contributed by atoms with Gasteiger partial charge >= 0.3 is 5.97 Å². The highest BCUT2D eigenvalue weighted by Gasteiger charge is 2.44. The number of sulfonamides is 1. The van der Waals surface area contributed by atoms with Crippen LogP contribution in [0.15, 0.2) is 53.4 Å². The molecule has 0 saturated carbocycles. The molecule has 3 amide bonds. The number of ether oxygens (including phenoxy) is 1. The lowest BCUT2D eigenvalue weighted by Gasteiger charge is -2.28. The van der Waals surface area contributed by atoms with Crippen molar-refractivity contribution in [3.63, 3.8) is 0 Å². The van der Waals surface area contributed by atoms with Crippen molar-refractivity contribution in [3.8, 4) is 5.75 Å². The van der Waals surface area contributed by atoms with Gasteiger partial charge in [0.05, 0.1) is 30.5 Å². The Morgan fingerprint density at radius 3 is 2.26 bits per heavy atom. The Balaban J connectivity index is 1.81. The summed E-state index contributed by atoms with van der Waals surface area (Å²) in [5.41, 5.74) is 0.997. The van der Waals surface area contributed by atoms with Crippen molar-refractivity contribution in [2.75, 3.05) is 18.6 Å². The first-order valence-electron chi connectivity index (χ1n) is 10.6. The van der Waals surface area contributed by atoms with Crippen molar-refractivity contribution in [2.45, 2.75) is 36.6 Å². The third-order valence-corrected chi connectivity index (χ3v) is 6.53. The molecule has 0 bridgehead atoms. The zero-order chi connectivity index (χ0) is 25.8. The summed E-state index contributed by atoms with van der Waals surface area (Å²) in [4.78, 5) is 51.9. The standard InChI is InChI=1S/C23H25N3O8S/c1-34-17-6-4-16(5-7-17)26-21(28)14-19(23(26)31)25(20(27)10-11-22(29)30)13-12-15-2-8-18(9-3-15)35(24,32)33/h2-9,19H,10-14H2,1H3,(H,29,30)(H2,24,32,33)/t19-/m0/s1. The summed E-state index contributed by atoms with van der Waals surface area (Å²) in [6, 6.07) is 11.0. The summed E-state index contributed by atoms with van der Waals surface area (Å²) < 4.78 is 28.0. The Morgan fingerprint density at radius 1 is 1.09 bits per heavy atom. The Labute approximate surface area is 202 Å². The van der Waals surface area contributed by atoms with Crippen LogP contribution in [-0.2, 0) is 35.6 Å². The lowest BCUT2D eigenvalue weighted by Crippen LogP contribution is -2.46. The number of carbonyl (C=O) groups is 4. The van der Waals surface area contributed by atoms with Gasteiger partial charge < -0.3 is 14.7 Å². The number of carboxylic acid groups (broad SMARTS) is 1. The third kappa shape index (κ3) is 6.22. The predicted octanol–water partition coefficient (Wildman–Crippen LogP) is 0.911. The Bertz CT molecular complexity index is 1230. The van der Waals surface area contributed by atoms with Gasteiger partial charge in [-0.15, -0.1) is 0 Å². The zero-order valence-corrected chi connectivity index (χ0v) is 19.7. The van der Waals surface area contributed by atoms with Gasteiger partial charge in [0, 0.05) is 13.0 Å². The van der Waals surface area contributed by atoms with Gasteiger partial charge in [-0.05, 0) is 48.4 Å². The fourth-order valence-electron chi connectivity index (χ4n) is 3.77. The van der Waals surface area contributed by atoms with Gasteiger partial charge in [0.2, 0.25) is 21.8 Å². The number of carbonyl (C=O) groups excluding carboxylic acids is 3. The second-order valence-electron chi connectivity index (χ2n) is 7.91. The van der Waals surface area contributed by atoms with Gasteiger partial charge in [0.1, 0.15) is 11.8 Å². The molecule has 12 heteroatoms. The Morgan fingerprint density at radius 2 is 1.71 bits per heavy atom. The minimum absolute atomic E-state index is 0.0211. The number of primary sulfonamides is 1. The number of methoxy groups -OCH3 is 1. The first-order chi connectivity index (χ1) is 16.5. The maximum atomic E-state index is 13.2. The van der Waals surface area contributed by atoms with Crippen LogP contribution in [0.2, 0.25) is 0 Å². The van der Waals surface area contributed by atoms with E-state index in [2.05, 4.69) is 0 Å². The maximum absolute atomic E-state index is 13.2. The van der Waals surface area contributed by atoms with Gasteiger partial charge in [-0.3, -0.25) is 19.2 Å². The van der Waals surface area contributed by atoms with Crippen LogP contribution in [0.3, 0.4) is 0 Å². The first kappa shape index (κ1) is 25.8. The molecule has 1 fully saturated rings. The van der Waals surface area contributed by atoms with Gasteiger partial charge in [0.15, 0.2) is 0 Å². The van der Waals surface area contributed by atoms with E-state index in [1.807, 2.05) is 0 Å². The van der Waals surface area contributed by atoms with E-state index in [-0.39, 0.29) is 30.7 Å². The molecule has 0 aliphatic carbocycles. The van der Waals surface area contributed by atoms with Crippen LogP contribution in [0.4, 0.5) is 5.69 Å². The van der Waals surface area contributed by atoms with E-state index in [1.54, 1.807) is 24.3 Å². The Hall–Kier alpha value is -3.77. The molecule has 1 saturated heterocycles. The number of imide groups is 1. The number of hydrogen-bond acceptors (Lipinski definition) is 7. The molecule has 0 unspecified atom stereocenters. The lowest BCUT2D eigenvalue weighted by atomic mass is 10.1. The third-order valence-electron chi connectivity index (χ3n) is 5.60. The second-order valence-corrected chi connectivity index (χ2v) is 9.47. The molecular formula is C23H25N3O8S. The van der Waals surface area contributed by atoms with E-state index in [4.69, 9.17) is 15.0 Å². The average molecular weight is 504 g/mol. The first-order valence-corrected chi connectivity index (χ1v) is 12.2. The molecule has 1 atom stereocenters. The summed E-state index contributed by atoms with van der Waals surface area (Å²) in [5, 5.41) is 14.1. The average Bonchev–Trinajstić information content (AvgIpc) is 3.11. The van der Waals surface area contributed by atoms with Gasteiger partial charge in [-0.25, -0.2) is 18.5 Å². The van der Waals surface area contributed by atoms with Crippen LogP contribution in [0.1, 0.15) is 24.8 Å². The van der Waals surface area contributed by atoms with Gasteiger partial charge in [-0.1, -0.05) is 12.1 Å². The van der Waals surface area contributed by atoms with Crippen molar-refractivity contribution in [3.05, 3.63) is 54.1 Å². The lowest BCUT2D eigenvalue weighted by molar-refractivity contribution is -0.143. The molecule has 0 radical (unpaired) electrons. The number of nitrogens with two attached hydrogens (primary N) is 1. The number of hydrogen-bond donors (Lipinski definition) is 2. The molecule has 1 aliphatic heterocycles. The quantitative estimate of drug-likeness (QED) is 0.452. The largest absolute Gasteiger partial charge is 0.497 e. The van der Waals surface area contributed by atoms with Crippen LogP contribution >= 0.6 is 0 Å². The number of aliphatic carboxylic acids is 1. The van der Waals surface area contributed by atoms with E-state index in [1.165, 1.54) is 36.3 Å². The van der Waals surface area contributed by atoms with Gasteiger partial charge in [-0.2, -0.15) is 0 Å². The van der Waals surface area contributed by atoms with E-state index in [9.17, 15) is 27.6 Å². The van der Waals surface area contributed by atoms with Crippen molar-refractivity contribution in [1.82, 2.24) is 4.90 Å². The van der Waals surface area contributed by atoms with E-state index < -0.39 is 46.2 Å². The second kappa shape index (κ2) is 10.7. The molecule has 0 spiro atoms. The van der Waals surface area contributed by atoms with Crippen molar-refractivity contribution in [2.24, 2.45) is 5.14 Å². The maximum Gasteiger partial charge on any atom is 0.303 e. The predicted molar refractivity (Wildman–Crippen MR) is 124 cm³/mol. The normalized spacial score (nSPS) is 15.8. The molecule has 0 aromatic heterocycles.